The standard InChI is InChI=1S/C22H23N3O/c1-16(21-10-6-7-15-23-21)22(26)25-20-13-11-19(12-14-20)24-17(2)18-8-4-3-5-9-18/h3-17,24H,1-2H3,(H,25,26). The predicted octanol–water partition coefficient (Wildman–Crippen LogP) is 5.00. The van der Waals surface area contributed by atoms with Crippen LogP contribution in [0.1, 0.15) is 37.1 Å². The summed E-state index contributed by atoms with van der Waals surface area (Å²) >= 11 is 0. The monoisotopic (exact) mass is 345 g/mol. The van der Waals surface area contributed by atoms with Crippen molar-refractivity contribution in [3.05, 3.63) is 90.3 Å². The first kappa shape index (κ1) is 17.7. The number of carbonyl (C=O) groups excluding carboxylic acids is 1. The summed E-state index contributed by atoms with van der Waals surface area (Å²) in [5.74, 6) is -0.367. The Kier molecular flexibility index (Phi) is 5.64. The van der Waals surface area contributed by atoms with Crippen LogP contribution in [0.15, 0.2) is 79.0 Å². The van der Waals surface area contributed by atoms with Crippen LogP contribution in [-0.2, 0) is 4.79 Å². The third-order valence-corrected chi connectivity index (χ3v) is 4.36. The van der Waals surface area contributed by atoms with Gasteiger partial charge in [-0.1, -0.05) is 36.4 Å². The van der Waals surface area contributed by atoms with Crippen LogP contribution in [0.25, 0.3) is 0 Å². The van der Waals surface area contributed by atoms with Gasteiger partial charge in [-0.3, -0.25) is 9.78 Å². The highest BCUT2D eigenvalue weighted by molar-refractivity contribution is 5.95. The quantitative estimate of drug-likeness (QED) is 0.661. The lowest BCUT2D eigenvalue weighted by atomic mass is 10.1. The molecule has 0 aliphatic heterocycles. The summed E-state index contributed by atoms with van der Waals surface area (Å²) in [6, 6.07) is 23.9. The van der Waals surface area contributed by atoms with E-state index in [2.05, 4.69) is 34.7 Å². The molecule has 4 heteroatoms. The van der Waals surface area contributed by atoms with Gasteiger partial charge in [-0.15, -0.1) is 0 Å². The van der Waals surface area contributed by atoms with Gasteiger partial charge in [0.2, 0.25) is 5.91 Å². The molecule has 2 aromatic carbocycles. The van der Waals surface area contributed by atoms with Crippen molar-refractivity contribution in [3.63, 3.8) is 0 Å². The van der Waals surface area contributed by atoms with Crippen LogP contribution in [0.4, 0.5) is 11.4 Å². The van der Waals surface area contributed by atoms with Gasteiger partial charge in [0, 0.05) is 23.6 Å². The smallest absolute Gasteiger partial charge is 0.233 e. The molecule has 0 saturated carbocycles. The van der Waals surface area contributed by atoms with Crippen LogP contribution in [0.2, 0.25) is 0 Å². The number of nitrogens with one attached hydrogen (secondary N) is 2. The van der Waals surface area contributed by atoms with Gasteiger partial charge in [-0.05, 0) is 55.8 Å². The lowest BCUT2D eigenvalue weighted by molar-refractivity contribution is -0.117. The van der Waals surface area contributed by atoms with Crippen LogP contribution in [-0.4, -0.2) is 10.9 Å². The maximum absolute atomic E-state index is 12.4. The lowest BCUT2D eigenvalue weighted by Crippen LogP contribution is -2.19. The highest BCUT2D eigenvalue weighted by atomic mass is 16.1. The van der Waals surface area contributed by atoms with E-state index in [0.717, 1.165) is 17.1 Å². The highest BCUT2D eigenvalue weighted by Crippen LogP contribution is 2.21. The summed E-state index contributed by atoms with van der Waals surface area (Å²) in [5, 5.41) is 6.41. The molecule has 26 heavy (non-hydrogen) atoms. The predicted molar refractivity (Wildman–Crippen MR) is 106 cm³/mol. The summed E-state index contributed by atoms with van der Waals surface area (Å²) in [6.07, 6.45) is 1.70. The maximum atomic E-state index is 12.4. The van der Waals surface area contributed by atoms with Gasteiger partial charge in [0.25, 0.3) is 0 Å². The molecule has 1 amide bonds. The molecule has 2 unspecified atom stereocenters. The Balaban J connectivity index is 1.60. The molecular formula is C22H23N3O. The van der Waals surface area contributed by atoms with Gasteiger partial charge in [0.15, 0.2) is 0 Å². The first-order chi connectivity index (χ1) is 12.6. The van der Waals surface area contributed by atoms with Gasteiger partial charge < -0.3 is 10.6 Å². The van der Waals surface area contributed by atoms with E-state index in [1.165, 1.54) is 5.56 Å². The number of hydrogen-bond acceptors (Lipinski definition) is 3. The van der Waals surface area contributed by atoms with Crippen LogP contribution in [0.5, 0.6) is 0 Å². The normalized spacial score (nSPS) is 12.8. The SMILES string of the molecule is CC(Nc1ccc(NC(=O)C(C)c2ccccn2)cc1)c1ccccc1. The van der Waals surface area contributed by atoms with Crippen molar-refractivity contribution in [3.8, 4) is 0 Å². The molecule has 1 aromatic heterocycles. The molecule has 0 radical (unpaired) electrons. The molecule has 0 bridgehead atoms. The minimum absolute atomic E-state index is 0.0675. The summed E-state index contributed by atoms with van der Waals surface area (Å²) in [7, 11) is 0. The van der Waals surface area contributed by atoms with Gasteiger partial charge >= 0.3 is 0 Å². The maximum Gasteiger partial charge on any atom is 0.233 e. The number of benzene rings is 2. The number of rotatable bonds is 6. The first-order valence-corrected chi connectivity index (χ1v) is 8.77. The van der Waals surface area contributed by atoms with Crippen molar-refractivity contribution in [1.29, 1.82) is 0 Å². The fraction of sp³-hybridized carbons (Fsp3) is 0.182. The molecular weight excluding hydrogens is 322 g/mol. The molecule has 0 aliphatic rings. The van der Waals surface area contributed by atoms with E-state index >= 15 is 0 Å². The molecule has 2 atom stereocenters. The van der Waals surface area contributed by atoms with Crippen molar-refractivity contribution >= 4 is 17.3 Å². The number of pyridine rings is 1. The molecule has 2 N–H and O–H groups in total. The van der Waals surface area contributed by atoms with Crippen molar-refractivity contribution in [1.82, 2.24) is 4.98 Å². The van der Waals surface area contributed by atoms with Crippen LogP contribution < -0.4 is 10.6 Å². The molecule has 0 saturated heterocycles. The van der Waals surface area contributed by atoms with E-state index in [1.807, 2.05) is 67.6 Å². The van der Waals surface area contributed by atoms with E-state index in [4.69, 9.17) is 0 Å². The Morgan fingerprint density at radius 3 is 2.15 bits per heavy atom. The Morgan fingerprint density at radius 2 is 1.50 bits per heavy atom. The minimum Gasteiger partial charge on any atom is -0.379 e. The molecule has 3 aromatic rings. The van der Waals surface area contributed by atoms with Gasteiger partial charge in [-0.25, -0.2) is 0 Å². The van der Waals surface area contributed by atoms with E-state index < -0.39 is 0 Å². The number of amides is 1. The minimum atomic E-state index is -0.299. The molecule has 0 fully saturated rings. The average molecular weight is 345 g/mol. The van der Waals surface area contributed by atoms with E-state index in [0.29, 0.717) is 0 Å². The topological polar surface area (TPSA) is 54.0 Å². The molecule has 3 rings (SSSR count). The Morgan fingerprint density at radius 1 is 0.846 bits per heavy atom. The van der Waals surface area contributed by atoms with Crippen molar-refractivity contribution in [2.24, 2.45) is 0 Å². The summed E-state index contributed by atoms with van der Waals surface area (Å²) in [6.45, 7) is 3.98. The third-order valence-electron chi connectivity index (χ3n) is 4.36. The van der Waals surface area contributed by atoms with Gasteiger partial charge in [0.05, 0.1) is 11.6 Å². The molecule has 1 heterocycles. The second kappa shape index (κ2) is 8.30. The number of hydrogen-bond donors (Lipinski definition) is 2. The van der Waals surface area contributed by atoms with Crippen LogP contribution in [0.3, 0.4) is 0 Å². The lowest BCUT2D eigenvalue weighted by Gasteiger charge is -2.16. The van der Waals surface area contributed by atoms with E-state index in [1.54, 1.807) is 6.20 Å². The Bertz CT molecular complexity index is 832. The van der Waals surface area contributed by atoms with E-state index in [-0.39, 0.29) is 17.9 Å². The van der Waals surface area contributed by atoms with Crippen molar-refractivity contribution in [2.45, 2.75) is 25.8 Å². The van der Waals surface area contributed by atoms with Gasteiger partial charge in [0.1, 0.15) is 0 Å². The second-order valence-corrected chi connectivity index (χ2v) is 6.32. The first-order valence-electron chi connectivity index (χ1n) is 8.77. The zero-order valence-electron chi connectivity index (χ0n) is 15.0. The second-order valence-electron chi connectivity index (χ2n) is 6.32. The molecule has 4 nitrogen and oxygen atoms in total. The fourth-order valence-corrected chi connectivity index (χ4v) is 2.74. The molecule has 0 spiro atoms. The third kappa shape index (κ3) is 4.48. The van der Waals surface area contributed by atoms with Crippen molar-refractivity contribution < 1.29 is 4.79 Å². The van der Waals surface area contributed by atoms with E-state index in [9.17, 15) is 4.79 Å². The van der Waals surface area contributed by atoms with Gasteiger partial charge in [-0.2, -0.15) is 0 Å². The van der Waals surface area contributed by atoms with Crippen LogP contribution in [0, 0.1) is 0 Å². The number of anilines is 2. The molecule has 132 valence electrons. The summed E-state index contributed by atoms with van der Waals surface area (Å²) < 4.78 is 0. The Hall–Kier alpha value is -3.14. The molecule has 0 aliphatic carbocycles. The van der Waals surface area contributed by atoms with Crippen molar-refractivity contribution in [2.75, 3.05) is 10.6 Å². The average Bonchev–Trinajstić information content (AvgIpc) is 2.70. The highest BCUT2D eigenvalue weighted by Gasteiger charge is 2.16. The zero-order valence-corrected chi connectivity index (χ0v) is 15.0. The largest absolute Gasteiger partial charge is 0.379 e. The van der Waals surface area contributed by atoms with Crippen LogP contribution >= 0.6 is 0 Å². The number of carbonyl (C=O) groups is 1. The summed E-state index contributed by atoms with van der Waals surface area (Å²) in [4.78, 5) is 16.6. The zero-order chi connectivity index (χ0) is 18.4. The Labute approximate surface area is 154 Å². The number of aromatic nitrogens is 1. The fourth-order valence-electron chi connectivity index (χ4n) is 2.74. The number of nitrogens with zero attached hydrogens (tertiary/aromatic N) is 1. The summed E-state index contributed by atoms with van der Waals surface area (Å²) in [5.41, 5.74) is 3.78.